The van der Waals surface area contributed by atoms with E-state index in [9.17, 15) is 14.4 Å². The molecule has 0 aliphatic heterocycles. The summed E-state index contributed by atoms with van der Waals surface area (Å²) in [5.74, 6) is -0.459. The first-order valence-corrected chi connectivity index (χ1v) is 7.78. The van der Waals surface area contributed by atoms with Gasteiger partial charge in [0, 0.05) is 25.9 Å². The largest absolute Gasteiger partial charge is 0.449 e. The Balaban J connectivity index is 3.26. The van der Waals surface area contributed by atoms with Gasteiger partial charge in [-0.3, -0.25) is 4.79 Å². The first-order valence-electron chi connectivity index (χ1n) is 7.78. The zero-order chi connectivity index (χ0) is 18.8. The van der Waals surface area contributed by atoms with Gasteiger partial charge < -0.3 is 14.4 Å². The highest BCUT2D eigenvalue weighted by molar-refractivity contribution is 6.09. The Morgan fingerprint density at radius 2 is 1.64 bits per heavy atom. The molecule has 0 heterocycles. The van der Waals surface area contributed by atoms with Gasteiger partial charge in [-0.15, -0.1) is 0 Å². The van der Waals surface area contributed by atoms with Crippen molar-refractivity contribution < 1.29 is 23.9 Å². The van der Waals surface area contributed by atoms with Crippen LogP contribution in [0, 0.1) is 0 Å². The molecule has 0 bridgehead atoms. The number of allylic oxidation sites excluding steroid dienone is 1. The summed E-state index contributed by atoms with van der Waals surface area (Å²) in [5.41, 5.74) is 2.52. The van der Waals surface area contributed by atoms with E-state index >= 15 is 0 Å². The van der Waals surface area contributed by atoms with Crippen LogP contribution in [0.2, 0.25) is 0 Å². The van der Waals surface area contributed by atoms with Crippen molar-refractivity contribution in [2.24, 2.45) is 0 Å². The van der Waals surface area contributed by atoms with Gasteiger partial charge in [-0.05, 0) is 13.8 Å². The summed E-state index contributed by atoms with van der Waals surface area (Å²) >= 11 is 0. The van der Waals surface area contributed by atoms with E-state index in [1.54, 1.807) is 63.2 Å². The SMILES string of the molecule is CCOC(=O)NN(C(=O)OCC)/C(=C\N(C)C)C(=O)c1ccccc1. The number of ether oxygens (including phenoxy) is 2. The third-order valence-electron chi connectivity index (χ3n) is 2.82. The monoisotopic (exact) mass is 349 g/mol. The summed E-state index contributed by atoms with van der Waals surface area (Å²) in [6, 6.07) is 8.40. The van der Waals surface area contributed by atoms with Crippen molar-refractivity contribution in [3.63, 3.8) is 0 Å². The summed E-state index contributed by atoms with van der Waals surface area (Å²) in [7, 11) is 3.37. The highest BCUT2D eigenvalue weighted by atomic mass is 16.6. The Bertz CT molecular complexity index is 628. The summed E-state index contributed by atoms with van der Waals surface area (Å²) in [6.07, 6.45) is -0.354. The average Bonchev–Trinajstić information content (AvgIpc) is 2.58. The molecule has 0 atom stereocenters. The molecular formula is C17H23N3O5. The molecule has 1 aromatic carbocycles. The van der Waals surface area contributed by atoms with Crippen LogP contribution in [0.25, 0.3) is 0 Å². The van der Waals surface area contributed by atoms with Crippen LogP contribution < -0.4 is 5.43 Å². The molecular weight excluding hydrogens is 326 g/mol. The number of benzene rings is 1. The Morgan fingerprint density at radius 1 is 1.04 bits per heavy atom. The van der Waals surface area contributed by atoms with Crippen molar-refractivity contribution in [3.05, 3.63) is 47.8 Å². The minimum absolute atomic E-state index is 0.0780. The van der Waals surface area contributed by atoms with Crippen molar-refractivity contribution >= 4 is 18.0 Å². The Labute approximate surface area is 147 Å². The molecule has 0 aromatic heterocycles. The van der Waals surface area contributed by atoms with Gasteiger partial charge in [0.15, 0.2) is 0 Å². The maximum Gasteiger partial charge on any atom is 0.433 e. The first-order chi connectivity index (χ1) is 11.9. The highest BCUT2D eigenvalue weighted by Crippen LogP contribution is 2.14. The molecule has 1 aromatic rings. The van der Waals surface area contributed by atoms with Crippen LogP contribution in [-0.2, 0) is 9.47 Å². The molecule has 2 amide bonds. The molecule has 8 nitrogen and oxygen atoms in total. The maximum absolute atomic E-state index is 12.8. The summed E-state index contributed by atoms with van der Waals surface area (Å²) in [5, 5.41) is 0.747. The standard InChI is InChI=1S/C17H23N3O5/c1-5-24-16(22)18-20(17(23)25-6-2)14(12-19(3)4)15(21)13-10-8-7-9-11-13/h7-12H,5-6H2,1-4H3,(H,18,22)/b14-12-. The van der Waals surface area contributed by atoms with Crippen LogP contribution >= 0.6 is 0 Å². The summed E-state index contributed by atoms with van der Waals surface area (Å²) < 4.78 is 9.73. The number of rotatable bonds is 6. The van der Waals surface area contributed by atoms with Crippen molar-refractivity contribution in [2.45, 2.75) is 13.8 Å². The van der Waals surface area contributed by atoms with E-state index in [1.165, 1.54) is 6.20 Å². The van der Waals surface area contributed by atoms with Gasteiger partial charge in [-0.25, -0.2) is 15.0 Å². The minimum atomic E-state index is -0.895. The second-order valence-corrected chi connectivity index (χ2v) is 5.04. The predicted octanol–water partition coefficient (Wildman–Crippen LogP) is 2.39. The fourth-order valence-corrected chi connectivity index (χ4v) is 1.85. The van der Waals surface area contributed by atoms with Crippen molar-refractivity contribution in [3.8, 4) is 0 Å². The van der Waals surface area contributed by atoms with Crippen LogP contribution in [0.5, 0.6) is 0 Å². The molecule has 0 radical (unpaired) electrons. The molecule has 8 heteroatoms. The number of carbonyl (C=O) groups is 3. The quantitative estimate of drug-likeness (QED) is 0.482. The van der Waals surface area contributed by atoms with Crippen molar-refractivity contribution in [2.75, 3.05) is 27.3 Å². The summed E-state index contributed by atoms with van der Waals surface area (Å²) in [6.45, 7) is 3.44. The lowest BCUT2D eigenvalue weighted by Gasteiger charge is -2.24. The van der Waals surface area contributed by atoms with Gasteiger partial charge in [0.2, 0.25) is 5.78 Å². The van der Waals surface area contributed by atoms with E-state index in [1.807, 2.05) is 0 Å². The molecule has 0 saturated heterocycles. The Morgan fingerprint density at radius 3 is 2.16 bits per heavy atom. The number of hydrogen-bond acceptors (Lipinski definition) is 6. The van der Waals surface area contributed by atoms with E-state index in [0.29, 0.717) is 5.56 Å². The average molecular weight is 349 g/mol. The predicted molar refractivity (Wildman–Crippen MR) is 91.6 cm³/mol. The normalized spacial score (nSPS) is 10.6. The third kappa shape index (κ3) is 6.17. The summed E-state index contributed by atoms with van der Waals surface area (Å²) in [4.78, 5) is 38.5. The van der Waals surface area contributed by atoms with Gasteiger partial charge >= 0.3 is 12.2 Å². The smallest absolute Gasteiger partial charge is 0.433 e. The molecule has 0 aliphatic rings. The zero-order valence-corrected chi connectivity index (χ0v) is 14.8. The highest BCUT2D eigenvalue weighted by Gasteiger charge is 2.28. The Kier molecular flexibility index (Phi) is 7.98. The van der Waals surface area contributed by atoms with Gasteiger partial charge in [0.25, 0.3) is 0 Å². The minimum Gasteiger partial charge on any atom is -0.449 e. The third-order valence-corrected chi connectivity index (χ3v) is 2.82. The lowest BCUT2D eigenvalue weighted by Crippen LogP contribution is -2.48. The van der Waals surface area contributed by atoms with E-state index in [-0.39, 0.29) is 18.9 Å². The van der Waals surface area contributed by atoms with Gasteiger partial charge in [-0.2, -0.15) is 5.01 Å². The zero-order valence-electron chi connectivity index (χ0n) is 14.8. The van der Waals surface area contributed by atoms with E-state index in [4.69, 9.17) is 9.47 Å². The molecule has 0 unspecified atom stereocenters. The van der Waals surface area contributed by atoms with Crippen LogP contribution in [0.15, 0.2) is 42.2 Å². The number of hydrazine groups is 1. The number of nitrogens with one attached hydrogen (secondary N) is 1. The Hall–Kier alpha value is -3.03. The van der Waals surface area contributed by atoms with Gasteiger partial charge in [0.1, 0.15) is 5.70 Å². The van der Waals surface area contributed by atoms with Gasteiger partial charge in [0.05, 0.1) is 13.2 Å². The number of carbonyl (C=O) groups excluding carboxylic acids is 3. The molecule has 0 spiro atoms. The van der Waals surface area contributed by atoms with E-state index in [0.717, 1.165) is 5.01 Å². The molecule has 1 N–H and O–H groups in total. The van der Waals surface area contributed by atoms with Crippen LogP contribution in [0.1, 0.15) is 24.2 Å². The lowest BCUT2D eigenvalue weighted by atomic mass is 10.1. The molecule has 0 aliphatic carbocycles. The fraction of sp³-hybridized carbons (Fsp3) is 0.353. The number of hydrogen-bond donors (Lipinski definition) is 1. The second-order valence-electron chi connectivity index (χ2n) is 5.04. The number of ketones is 1. The first kappa shape index (κ1) is 20.0. The van der Waals surface area contributed by atoms with E-state index < -0.39 is 18.0 Å². The van der Waals surface area contributed by atoms with Crippen molar-refractivity contribution in [1.82, 2.24) is 15.3 Å². The second kappa shape index (κ2) is 9.96. The molecule has 25 heavy (non-hydrogen) atoms. The van der Waals surface area contributed by atoms with Crippen molar-refractivity contribution in [1.29, 1.82) is 0 Å². The van der Waals surface area contributed by atoms with E-state index in [2.05, 4.69) is 5.43 Å². The van der Waals surface area contributed by atoms with Crippen LogP contribution in [0.4, 0.5) is 9.59 Å². The van der Waals surface area contributed by atoms with Crippen LogP contribution in [0.3, 0.4) is 0 Å². The lowest BCUT2D eigenvalue weighted by molar-refractivity contribution is 0.0781. The fourth-order valence-electron chi connectivity index (χ4n) is 1.85. The molecule has 136 valence electrons. The maximum atomic E-state index is 12.8. The van der Waals surface area contributed by atoms with Gasteiger partial charge in [-0.1, -0.05) is 30.3 Å². The molecule has 1 rings (SSSR count). The number of nitrogens with zero attached hydrogens (tertiary/aromatic N) is 2. The molecule has 0 saturated carbocycles. The molecule has 0 fully saturated rings. The topological polar surface area (TPSA) is 88.2 Å². The van der Waals surface area contributed by atoms with Crippen LogP contribution in [-0.4, -0.2) is 55.2 Å². The number of amides is 2. The number of Topliss-reactive ketones (excluding diaryl/α,β-unsaturated/α-hetero) is 1.